The van der Waals surface area contributed by atoms with Gasteiger partial charge in [0.1, 0.15) is 10.8 Å². The molecule has 5 rings (SSSR count). The number of non-ortho nitro benzene ring substituents is 1. The van der Waals surface area contributed by atoms with Gasteiger partial charge in [-0.05, 0) is 24.6 Å². The van der Waals surface area contributed by atoms with Crippen LogP contribution in [0.5, 0.6) is 0 Å². The molecule has 0 radical (unpaired) electrons. The maximum atomic E-state index is 11.0. The van der Waals surface area contributed by atoms with E-state index in [2.05, 4.69) is 76.3 Å². The van der Waals surface area contributed by atoms with E-state index in [1.807, 2.05) is 6.07 Å². The molecule has 2 aromatic heterocycles. The number of rotatable bonds is 7. The van der Waals surface area contributed by atoms with Crippen LogP contribution in [0.2, 0.25) is 0 Å². The third-order valence-corrected chi connectivity index (χ3v) is 6.43. The predicted octanol–water partition coefficient (Wildman–Crippen LogP) is 6.76. The summed E-state index contributed by atoms with van der Waals surface area (Å²) in [6.07, 6.45) is 0. The maximum absolute atomic E-state index is 11.0. The van der Waals surface area contributed by atoms with Crippen molar-refractivity contribution in [3.05, 3.63) is 112 Å². The monoisotopic (exact) mass is 479 g/mol. The third-order valence-electron chi connectivity index (χ3n) is 5.54. The van der Waals surface area contributed by atoms with E-state index < -0.39 is 4.92 Å². The van der Waals surface area contributed by atoms with Crippen molar-refractivity contribution < 1.29 is 4.92 Å². The van der Waals surface area contributed by atoms with Crippen molar-refractivity contribution in [1.29, 1.82) is 0 Å². The summed E-state index contributed by atoms with van der Waals surface area (Å²) < 4.78 is 0. The normalized spacial score (nSPS) is 10.8. The molecule has 0 spiro atoms. The highest BCUT2D eigenvalue weighted by Gasteiger charge is 2.09. The van der Waals surface area contributed by atoms with Gasteiger partial charge in [0.15, 0.2) is 0 Å². The second kappa shape index (κ2) is 9.82. The van der Waals surface area contributed by atoms with Gasteiger partial charge >= 0.3 is 0 Å². The van der Waals surface area contributed by atoms with Crippen molar-refractivity contribution in [2.24, 2.45) is 0 Å². The Kier molecular flexibility index (Phi) is 6.28. The first kappa shape index (κ1) is 22.4. The van der Waals surface area contributed by atoms with E-state index in [-0.39, 0.29) is 5.69 Å². The summed E-state index contributed by atoms with van der Waals surface area (Å²) in [6, 6.07) is 26.7. The lowest BCUT2D eigenvalue weighted by Gasteiger charge is -2.07. The van der Waals surface area contributed by atoms with Gasteiger partial charge in [0.2, 0.25) is 0 Å². The van der Waals surface area contributed by atoms with Crippen molar-refractivity contribution in [3.8, 4) is 33.1 Å². The molecule has 3 aromatic carbocycles. The van der Waals surface area contributed by atoms with Gasteiger partial charge in [-0.3, -0.25) is 10.1 Å². The minimum atomic E-state index is -0.421. The fourth-order valence-corrected chi connectivity index (χ4v) is 4.42. The highest BCUT2D eigenvalue weighted by atomic mass is 32.1. The van der Waals surface area contributed by atoms with Crippen LogP contribution in [-0.2, 0) is 6.54 Å². The standard InChI is InChI=1S/C27H21N5O2S/c1-18-5-9-20(10-6-18)25-17-35-27(29-25)21-11-7-19(8-12-21)16-28-26-14-13-24(30-31-26)22-3-2-4-23(15-22)32(33)34/h2-15,17H,16H2,1H3,(H,28,31). The Morgan fingerprint density at radius 1 is 0.857 bits per heavy atom. The van der Waals surface area contributed by atoms with Crippen molar-refractivity contribution in [3.63, 3.8) is 0 Å². The van der Waals surface area contributed by atoms with Crippen LogP contribution >= 0.6 is 11.3 Å². The maximum Gasteiger partial charge on any atom is 0.270 e. The molecule has 0 saturated carbocycles. The second-order valence-electron chi connectivity index (χ2n) is 8.07. The molecule has 35 heavy (non-hydrogen) atoms. The van der Waals surface area contributed by atoms with Crippen molar-refractivity contribution in [2.45, 2.75) is 13.5 Å². The fourth-order valence-electron chi connectivity index (χ4n) is 3.58. The quantitative estimate of drug-likeness (QED) is 0.205. The Bertz CT molecular complexity index is 1460. The Labute approximate surface area is 206 Å². The van der Waals surface area contributed by atoms with Gasteiger partial charge in [-0.1, -0.05) is 66.2 Å². The molecular formula is C27H21N5O2S. The zero-order valence-electron chi connectivity index (χ0n) is 18.9. The molecule has 0 fully saturated rings. The van der Waals surface area contributed by atoms with E-state index in [0.29, 0.717) is 23.6 Å². The van der Waals surface area contributed by atoms with Crippen molar-refractivity contribution in [1.82, 2.24) is 15.2 Å². The molecule has 5 aromatic rings. The Hall–Kier alpha value is -4.43. The number of thiazole rings is 1. The first-order valence-corrected chi connectivity index (χ1v) is 11.9. The molecule has 1 N–H and O–H groups in total. The summed E-state index contributed by atoms with van der Waals surface area (Å²) in [6.45, 7) is 2.67. The first-order chi connectivity index (χ1) is 17.0. The molecule has 172 valence electrons. The number of nitrogens with one attached hydrogen (secondary N) is 1. The van der Waals surface area contributed by atoms with Gasteiger partial charge < -0.3 is 5.32 Å². The lowest BCUT2D eigenvalue weighted by molar-refractivity contribution is -0.384. The smallest absolute Gasteiger partial charge is 0.270 e. The lowest BCUT2D eigenvalue weighted by Crippen LogP contribution is -2.02. The van der Waals surface area contributed by atoms with Gasteiger partial charge in [0.25, 0.3) is 5.69 Å². The van der Waals surface area contributed by atoms with Crippen LogP contribution in [-0.4, -0.2) is 20.1 Å². The molecule has 0 aliphatic rings. The van der Waals surface area contributed by atoms with Crippen molar-refractivity contribution >= 4 is 22.8 Å². The minimum Gasteiger partial charge on any atom is -0.365 e. The summed E-state index contributed by atoms with van der Waals surface area (Å²) in [4.78, 5) is 15.4. The molecule has 8 heteroatoms. The number of nitro benzene ring substituents is 1. The van der Waals surface area contributed by atoms with Crippen LogP contribution < -0.4 is 5.32 Å². The number of aromatic nitrogens is 3. The highest BCUT2D eigenvalue weighted by molar-refractivity contribution is 7.13. The number of hydrogen-bond donors (Lipinski definition) is 1. The van der Waals surface area contributed by atoms with E-state index >= 15 is 0 Å². The van der Waals surface area contributed by atoms with E-state index in [4.69, 9.17) is 4.98 Å². The zero-order chi connectivity index (χ0) is 24.2. The largest absolute Gasteiger partial charge is 0.365 e. The van der Waals surface area contributed by atoms with E-state index in [1.165, 1.54) is 17.7 Å². The number of anilines is 1. The fraction of sp³-hybridized carbons (Fsp3) is 0.0741. The number of nitrogens with zero attached hydrogens (tertiary/aromatic N) is 4. The molecule has 7 nitrogen and oxygen atoms in total. The number of aryl methyl sites for hydroxylation is 1. The molecule has 0 bridgehead atoms. The van der Waals surface area contributed by atoms with Crippen LogP contribution in [0.3, 0.4) is 0 Å². The minimum absolute atomic E-state index is 0.0269. The lowest BCUT2D eigenvalue weighted by atomic mass is 10.1. The number of hydrogen-bond acceptors (Lipinski definition) is 7. The molecule has 2 heterocycles. The summed E-state index contributed by atoms with van der Waals surface area (Å²) in [5.41, 5.74) is 6.79. The van der Waals surface area contributed by atoms with Crippen LogP contribution in [0.15, 0.2) is 90.3 Å². The highest BCUT2D eigenvalue weighted by Crippen LogP contribution is 2.29. The second-order valence-corrected chi connectivity index (χ2v) is 8.92. The zero-order valence-corrected chi connectivity index (χ0v) is 19.7. The molecule has 0 aliphatic heterocycles. The summed E-state index contributed by atoms with van der Waals surface area (Å²) in [7, 11) is 0. The molecule has 0 aliphatic carbocycles. The van der Waals surface area contributed by atoms with Crippen LogP contribution in [0.1, 0.15) is 11.1 Å². The molecular weight excluding hydrogens is 458 g/mol. The van der Waals surface area contributed by atoms with E-state index in [9.17, 15) is 10.1 Å². The van der Waals surface area contributed by atoms with Gasteiger partial charge in [0, 0.05) is 40.7 Å². The summed E-state index contributed by atoms with van der Waals surface area (Å²) in [5.74, 6) is 0.630. The number of benzene rings is 3. The Morgan fingerprint density at radius 3 is 2.34 bits per heavy atom. The average molecular weight is 480 g/mol. The van der Waals surface area contributed by atoms with E-state index in [1.54, 1.807) is 29.5 Å². The van der Waals surface area contributed by atoms with Crippen LogP contribution in [0.4, 0.5) is 11.5 Å². The molecule has 0 unspecified atom stereocenters. The van der Waals surface area contributed by atoms with Gasteiger partial charge in [-0.15, -0.1) is 21.5 Å². The summed E-state index contributed by atoms with van der Waals surface area (Å²) >= 11 is 1.64. The SMILES string of the molecule is Cc1ccc(-c2csc(-c3ccc(CNc4ccc(-c5cccc([N+](=O)[O-])c5)nn4)cc3)n2)cc1. The van der Waals surface area contributed by atoms with Gasteiger partial charge in [0.05, 0.1) is 16.3 Å². The molecule has 0 amide bonds. The molecule has 0 atom stereocenters. The predicted molar refractivity (Wildman–Crippen MR) is 139 cm³/mol. The van der Waals surface area contributed by atoms with Crippen LogP contribution in [0, 0.1) is 17.0 Å². The first-order valence-electron chi connectivity index (χ1n) is 11.0. The number of nitro groups is 1. The topological polar surface area (TPSA) is 93.8 Å². The van der Waals surface area contributed by atoms with Crippen LogP contribution in [0.25, 0.3) is 33.1 Å². The van der Waals surface area contributed by atoms with Crippen molar-refractivity contribution in [2.75, 3.05) is 5.32 Å². The van der Waals surface area contributed by atoms with E-state index in [0.717, 1.165) is 27.4 Å². The summed E-state index contributed by atoms with van der Waals surface area (Å²) in [5, 5.41) is 25.7. The molecule has 0 saturated heterocycles. The third kappa shape index (κ3) is 5.23. The Balaban J connectivity index is 1.22. The Morgan fingerprint density at radius 2 is 1.63 bits per heavy atom. The van der Waals surface area contributed by atoms with Gasteiger partial charge in [-0.25, -0.2) is 4.98 Å². The average Bonchev–Trinajstić information content (AvgIpc) is 3.39. The van der Waals surface area contributed by atoms with Gasteiger partial charge in [-0.2, -0.15) is 0 Å².